The zero-order valence-corrected chi connectivity index (χ0v) is 17.8. The number of hydrogen-bond donors (Lipinski definition) is 3. The molecule has 7 nitrogen and oxygen atoms in total. The summed E-state index contributed by atoms with van der Waals surface area (Å²) in [7, 11) is -3.68. The molecule has 1 atom stereocenters. The van der Waals surface area contributed by atoms with E-state index in [2.05, 4.69) is 15.4 Å². The van der Waals surface area contributed by atoms with E-state index in [4.69, 9.17) is 0 Å². The van der Waals surface area contributed by atoms with E-state index < -0.39 is 10.0 Å². The number of amides is 2. The van der Waals surface area contributed by atoms with Gasteiger partial charge in [-0.15, -0.1) is 0 Å². The van der Waals surface area contributed by atoms with E-state index in [9.17, 15) is 18.0 Å². The molecule has 29 heavy (non-hydrogen) atoms. The number of hydrogen-bond acceptors (Lipinski definition) is 4. The van der Waals surface area contributed by atoms with E-state index >= 15 is 0 Å². The van der Waals surface area contributed by atoms with Gasteiger partial charge in [0.05, 0.1) is 10.9 Å². The van der Waals surface area contributed by atoms with Crippen LogP contribution in [-0.2, 0) is 14.8 Å². The Balaban J connectivity index is 2.10. The Morgan fingerprint density at radius 2 is 1.66 bits per heavy atom. The van der Waals surface area contributed by atoms with Crippen molar-refractivity contribution in [3.63, 3.8) is 0 Å². The van der Waals surface area contributed by atoms with Crippen LogP contribution in [0.15, 0.2) is 53.4 Å². The van der Waals surface area contributed by atoms with Crippen LogP contribution in [0.1, 0.15) is 56.1 Å². The summed E-state index contributed by atoms with van der Waals surface area (Å²) in [4.78, 5) is 24.1. The minimum atomic E-state index is -3.68. The van der Waals surface area contributed by atoms with Gasteiger partial charge in [-0.2, -0.15) is 0 Å². The summed E-state index contributed by atoms with van der Waals surface area (Å²) in [6.07, 6.45) is 0.398. The van der Waals surface area contributed by atoms with E-state index in [0.29, 0.717) is 12.1 Å². The number of benzene rings is 2. The summed E-state index contributed by atoms with van der Waals surface area (Å²) >= 11 is 0. The standard InChI is InChI=1S/C21H27N3O4S/c1-5-20(25)23-18-11-9-16(10-12-18)15(4)22-21(26)17-7-6-8-19(13-17)29(27,28)24-14(2)3/h6-15,24H,5H2,1-4H3,(H,22,26)(H,23,25). The van der Waals surface area contributed by atoms with Gasteiger partial charge in [-0.25, -0.2) is 13.1 Å². The maximum Gasteiger partial charge on any atom is 0.251 e. The van der Waals surface area contributed by atoms with Crippen molar-refractivity contribution in [1.82, 2.24) is 10.0 Å². The lowest BCUT2D eigenvalue weighted by Crippen LogP contribution is -2.31. The van der Waals surface area contributed by atoms with Gasteiger partial charge in [0.25, 0.3) is 5.91 Å². The average Bonchev–Trinajstić information content (AvgIpc) is 2.67. The van der Waals surface area contributed by atoms with Crippen LogP contribution in [0, 0.1) is 0 Å². The maximum absolute atomic E-state index is 12.6. The van der Waals surface area contributed by atoms with Gasteiger partial charge in [0.2, 0.25) is 15.9 Å². The molecule has 1 unspecified atom stereocenters. The molecule has 0 fully saturated rings. The van der Waals surface area contributed by atoms with Gasteiger partial charge in [0, 0.05) is 23.7 Å². The van der Waals surface area contributed by atoms with E-state index in [0.717, 1.165) is 5.56 Å². The van der Waals surface area contributed by atoms with Crippen LogP contribution >= 0.6 is 0 Å². The Morgan fingerprint density at radius 1 is 1.00 bits per heavy atom. The fourth-order valence-electron chi connectivity index (χ4n) is 2.65. The summed E-state index contributed by atoms with van der Waals surface area (Å²) in [5, 5.41) is 5.63. The first kappa shape index (κ1) is 22.6. The molecule has 0 aromatic heterocycles. The lowest BCUT2D eigenvalue weighted by Gasteiger charge is -2.16. The van der Waals surface area contributed by atoms with E-state index in [-0.39, 0.29) is 34.4 Å². The molecule has 0 heterocycles. The van der Waals surface area contributed by atoms with Crippen LogP contribution in [0.2, 0.25) is 0 Å². The van der Waals surface area contributed by atoms with Gasteiger partial charge in [-0.3, -0.25) is 9.59 Å². The predicted octanol–water partition coefficient (Wildman–Crippen LogP) is 3.21. The first-order valence-electron chi connectivity index (χ1n) is 9.45. The van der Waals surface area contributed by atoms with E-state index in [1.54, 1.807) is 45.0 Å². The topological polar surface area (TPSA) is 104 Å². The summed E-state index contributed by atoms with van der Waals surface area (Å²) < 4.78 is 27.1. The number of rotatable bonds is 8. The summed E-state index contributed by atoms with van der Waals surface area (Å²) in [6.45, 7) is 7.07. The quantitative estimate of drug-likeness (QED) is 0.613. The van der Waals surface area contributed by atoms with Crippen molar-refractivity contribution in [3.05, 3.63) is 59.7 Å². The lowest BCUT2D eigenvalue weighted by atomic mass is 10.1. The van der Waals surface area contributed by atoms with Gasteiger partial charge in [0.15, 0.2) is 0 Å². The third kappa shape index (κ3) is 6.40. The molecule has 2 aromatic carbocycles. The molecule has 0 saturated heterocycles. The Labute approximate surface area is 172 Å². The molecular weight excluding hydrogens is 390 g/mol. The largest absolute Gasteiger partial charge is 0.346 e. The second kappa shape index (κ2) is 9.67. The third-order valence-corrected chi connectivity index (χ3v) is 5.82. The molecule has 156 valence electrons. The van der Waals surface area contributed by atoms with Crippen molar-refractivity contribution in [2.45, 2.75) is 51.1 Å². The summed E-state index contributed by atoms with van der Waals surface area (Å²) in [6, 6.07) is 12.6. The number of nitrogens with one attached hydrogen (secondary N) is 3. The van der Waals surface area contributed by atoms with Crippen LogP contribution in [-0.4, -0.2) is 26.3 Å². The van der Waals surface area contributed by atoms with Crippen LogP contribution in [0.5, 0.6) is 0 Å². The number of carbonyl (C=O) groups is 2. The molecular formula is C21H27N3O4S. The number of sulfonamides is 1. The molecule has 0 bridgehead atoms. The molecule has 3 N–H and O–H groups in total. The Kier molecular flexibility index (Phi) is 7.53. The van der Waals surface area contributed by atoms with Crippen LogP contribution < -0.4 is 15.4 Å². The second-order valence-corrected chi connectivity index (χ2v) is 8.74. The maximum atomic E-state index is 12.6. The Bertz CT molecular complexity index is 970. The zero-order valence-electron chi connectivity index (χ0n) is 17.0. The van der Waals surface area contributed by atoms with Crippen molar-refractivity contribution in [2.24, 2.45) is 0 Å². The predicted molar refractivity (Wildman–Crippen MR) is 113 cm³/mol. The van der Waals surface area contributed by atoms with Crippen molar-refractivity contribution >= 4 is 27.5 Å². The van der Waals surface area contributed by atoms with Gasteiger partial charge in [0.1, 0.15) is 0 Å². The molecule has 0 spiro atoms. The smallest absolute Gasteiger partial charge is 0.251 e. The Morgan fingerprint density at radius 3 is 2.24 bits per heavy atom. The Hall–Kier alpha value is -2.71. The lowest BCUT2D eigenvalue weighted by molar-refractivity contribution is -0.115. The van der Waals surface area contributed by atoms with E-state index in [1.807, 2.05) is 19.1 Å². The highest BCUT2D eigenvalue weighted by Crippen LogP contribution is 2.18. The normalized spacial score (nSPS) is 12.4. The SMILES string of the molecule is CCC(=O)Nc1ccc(C(C)NC(=O)c2cccc(S(=O)(=O)NC(C)C)c2)cc1. The molecule has 0 aliphatic rings. The van der Waals surface area contributed by atoms with Crippen molar-refractivity contribution in [3.8, 4) is 0 Å². The highest BCUT2D eigenvalue weighted by Gasteiger charge is 2.18. The van der Waals surface area contributed by atoms with Crippen molar-refractivity contribution < 1.29 is 18.0 Å². The molecule has 8 heteroatoms. The van der Waals surface area contributed by atoms with Gasteiger partial charge in [-0.05, 0) is 56.7 Å². The minimum absolute atomic E-state index is 0.0440. The fraction of sp³-hybridized carbons (Fsp3) is 0.333. The monoisotopic (exact) mass is 417 g/mol. The third-order valence-electron chi connectivity index (χ3n) is 4.16. The second-order valence-electron chi connectivity index (χ2n) is 7.02. The summed E-state index contributed by atoms with van der Waals surface area (Å²) in [5.41, 5.74) is 1.81. The highest BCUT2D eigenvalue weighted by molar-refractivity contribution is 7.89. The van der Waals surface area contributed by atoms with Crippen LogP contribution in [0.25, 0.3) is 0 Å². The summed E-state index contributed by atoms with van der Waals surface area (Å²) in [5.74, 6) is -0.441. The molecule has 2 aromatic rings. The molecule has 0 radical (unpaired) electrons. The molecule has 2 amide bonds. The number of anilines is 1. The van der Waals surface area contributed by atoms with Crippen LogP contribution in [0.4, 0.5) is 5.69 Å². The minimum Gasteiger partial charge on any atom is -0.346 e. The van der Waals surface area contributed by atoms with Crippen LogP contribution in [0.3, 0.4) is 0 Å². The molecule has 2 rings (SSSR count). The average molecular weight is 418 g/mol. The molecule has 0 aliphatic heterocycles. The van der Waals surface area contributed by atoms with Crippen molar-refractivity contribution in [2.75, 3.05) is 5.32 Å². The van der Waals surface area contributed by atoms with Gasteiger partial charge < -0.3 is 10.6 Å². The molecule has 0 aliphatic carbocycles. The van der Waals surface area contributed by atoms with Gasteiger partial charge >= 0.3 is 0 Å². The van der Waals surface area contributed by atoms with Gasteiger partial charge in [-0.1, -0.05) is 25.1 Å². The van der Waals surface area contributed by atoms with Crippen molar-refractivity contribution in [1.29, 1.82) is 0 Å². The number of carbonyl (C=O) groups excluding carboxylic acids is 2. The first-order valence-corrected chi connectivity index (χ1v) is 10.9. The highest BCUT2D eigenvalue weighted by atomic mass is 32.2. The first-order chi connectivity index (χ1) is 13.6. The fourth-order valence-corrected chi connectivity index (χ4v) is 3.95. The van der Waals surface area contributed by atoms with E-state index in [1.165, 1.54) is 12.1 Å². The molecule has 0 saturated carbocycles. The zero-order chi connectivity index (χ0) is 21.6.